The van der Waals surface area contributed by atoms with E-state index in [2.05, 4.69) is 13.2 Å². The maximum absolute atomic E-state index is 12.0. The highest BCUT2D eigenvalue weighted by molar-refractivity contribution is 5.82. The number of hydrogen-bond donors (Lipinski definition) is 0. The second-order valence-electron chi connectivity index (χ2n) is 5.40. The second kappa shape index (κ2) is 8.61. The molecule has 0 spiro atoms. The van der Waals surface area contributed by atoms with E-state index in [1.54, 1.807) is 0 Å². The van der Waals surface area contributed by atoms with Crippen molar-refractivity contribution >= 4 is 28.7 Å². The van der Waals surface area contributed by atoms with Crippen LogP contribution in [0.2, 0.25) is 0 Å². The average molecular weight is 375 g/mol. The minimum atomic E-state index is -0.867. The van der Waals surface area contributed by atoms with Gasteiger partial charge in [0.05, 0.1) is 16.5 Å². The van der Waals surface area contributed by atoms with Crippen molar-refractivity contribution in [1.29, 1.82) is 0 Å². The summed E-state index contributed by atoms with van der Waals surface area (Å²) in [6.07, 6.45) is 3.05. The summed E-state index contributed by atoms with van der Waals surface area (Å²) in [5, 5.41) is 10.8. The van der Waals surface area contributed by atoms with E-state index >= 15 is 0 Å². The van der Waals surface area contributed by atoms with Gasteiger partial charge in [-0.2, -0.15) is 0 Å². The summed E-state index contributed by atoms with van der Waals surface area (Å²) in [5.74, 6) is -2.14. The van der Waals surface area contributed by atoms with Crippen LogP contribution in [0.5, 0.6) is 0 Å². The van der Waals surface area contributed by atoms with Crippen LogP contribution in [0.3, 0.4) is 0 Å². The fraction of sp³-hybridized carbons (Fsp3) is 0.235. The fourth-order valence-electron chi connectivity index (χ4n) is 2.32. The highest BCUT2D eigenvalue weighted by atomic mass is 16.6. The number of oxazole rings is 1. The van der Waals surface area contributed by atoms with Crippen LogP contribution in [-0.4, -0.2) is 46.0 Å². The molecule has 1 amide bonds. The van der Waals surface area contributed by atoms with Crippen LogP contribution in [0.1, 0.15) is 0 Å². The lowest BCUT2D eigenvalue weighted by Gasteiger charge is -2.18. The minimum absolute atomic E-state index is 0.0267. The summed E-state index contributed by atoms with van der Waals surface area (Å²) in [5.41, 5.74) is -0.0730. The van der Waals surface area contributed by atoms with Crippen LogP contribution in [-0.2, 0) is 20.9 Å². The average Bonchev–Trinajstić information content (AvgIpc) is 2.94. The molecule has 0 aliphatic carbocycles. The lowest BCUT2D eigenvalue weighted by atomic mass is 10.3. The summed E-state index contributed by atoms with van der Waals surface area (Å²) in [6.45, 7) is 6.62. The number of benzene rings is 1. The van der Waals surface area contributed by atoms with Crippen molar-refractivity contribution in [3.05, 3.63) is 64.2 Å². The zero-order chi connectivity index (χ0) is 20.0. The van der Waals surface area contributed by atoms with Gasteiger partial charge in [-0.3, -0.25) is 24.3 Å². The van der Waals surface area contributed by atoms with Crippen molar-refractivity contribution in [2.75, 3.05) is 19.7 Å². The molecule has 10 heteroatoms. The Labute approximate surface area is 153 Å². The van der Waals surface area contributed by atoms with Crippen molar-refractivity contribution in [3.63, 3.8) is 0 Å². The molecule has 0 fully saturated rings. The SMILES string of the molecule is C=CCN(CC=C)C(=O)COC(=O)Cn1c(=O)oc2cc([N+](=O)[O-])ccc21. The predicted octanol–water partition coefficient (Wildman–Crippen LogP) is 1.25. The molecule has 27 heavy (non-hydrogen) atoms. The third-order valence-corrected chi connectivity index (χ3v) is 3.56. The molecule has 0 saturated carbocycles. The van der Waals surface area contributed by atoms with E-state index in [0.29, 0.717) is 0 Å². The van der Waals surface area contributed by atoms with Crippen LogP contribution >= 0.6 is 0 Å². The molecule has 0 aliphatic heterocycles. The topological polar surface area (TPSA) is 125 Å². The quantitative estimate of drug-likeness (QED) is 0.279. The monoisotopic (exact) mass is 375 g/mol. The van der Waals surface area contributed by atoms with Gasteiger partial charge in [-0.25, -0.2) is 4.79 Å². The molecule has 1 aromatic heterocycles. The second-order valence-corrected chi connectivity index (χ2v) is 5.40. The zero-order valence-corrected chi connectivity index (χ0v) is 14.3. The van der Waals surface area contributed by atoms with Gasteiger partial charge in [-0.1, -0.05) is 12.2 Å². The first-order valence-electron chi connectivity index (χ1n) is 7.80. The van der Waals surface area contributed by atoms with E-state index < -0.39 is 35.7 Å². The number of carbonyl (C=O) groups excluding carboxylic acids is 2. The normalized spacial score (nSPS) is 10.4. The van der Waals surface area contributed by atoms with Gasteiger partial charge in [0.15, 0.2) is 12.2 Å². The summed E-state index contributed by atoms with van der Waals surface area (Å²) in [4.78, 5) is 47.4. The Kier molecular flexibility index (Phi) is 6.26. The first-order valence-corrected chi connectivity index (χ1v) is 7.80. The Morgan fingerprint density at radius 1 is 1.30 bits per heavy atom. The third-order valence-electron chi connectivity index (χ3n) is 3.56. The number of non-ortho nitro benzene ring substituents is 1. The zero-order valence-electron chi connectivity index (χ0n) is 14.3. The van der Waals surface area contributed by atoms with Gasteiger partial charge in [0, 0.05) is 19.2 Å². The number of nitro benzene ring substituents is 1. The number of esters is 1. The molecule has 0 N–H and O–H groups in total. The molecule has 0 bridgehead atoms. The number of nitro groups is 1. The summed E-state index contributed by atoms with van der Waals surface area (Å²) in [7, 11) is 0. The smallest absolute Gasteiger partial charge is 0.420 e. The Balaban J connectivity index is 2.07. The van der Waals surface area contributed by atoms with E-state index in [-0.39, 0.29) is 29.9 Å². The van der Waals surface area contributed by atoms with E-state index in [1.165, 1.54) is 29.2 Å². The molecule has 0 radical (unpaired) electrons. The Hall–Kier alpha value is -3.69. The van der Waals surface area contributed by atoms with Gasteiger partial charge in [0.1, 0.15) is 6.54 Å². The van der Waals surface area contributed by atoms with Crippen molar-refractivity contribution in [2.24, 2.45) is 0 Å². The highest BCUT2D eigenvalue weighted by Gasteiger charge is 2.18. The van der Waals surface area contributed by atoms with E-state index in [0.717, 1.165) is 10.6 Å². The minimum Gasteiger partial charge on any atom is -0.454 e. The standard InChI is InChI=1S/C17H17N3O7/c1-3-7-18(8-4-2)15(21)11-26-16(22)10-19-13-6-5-12(20(24)25)9-14(13)27-17(19)23/h3-6,9H,1-2,7-8,10-11H2. The number of nitrogens with zero attached hydrogens (tertiary/aromatic N) is 3. The lowest BCUT2D eigenvalue weighted by Crippen LogP contribution is -2.35. The number of rotatable bonds is 9. The van der Waals surface area contributed by atoms with Crippen molar-refractivity contribution < 1.29 is 23.7 Å². The van der Waals surface area contributed by atoms with Gasteiger partial charge in [-0.05, 0) is 6.07 Å². The van der Waals surface area contributed by atoms with Crippen LogP contribution in [0, 0.1) is 10.1 Å². The summed E-state index contributed by atoms with van der Waals surface area (Å²) < 4.78 is 10.8. The molecule has 0 saturated heterocycles. The van der Waals surface area contributed by atoms with Crippen molar-refractivity contribution in [3.8, 4) is 0 Å². The van der Waals surface area contributed by atoms with Crippen LogP contribution in [0.4, 0.5) is 5.69 Å². The molecule has 2 aromatic rings. The van der Waals surface area contributed by atoms with Gasteiger partial charge in [0.25, 0.3) is 11.6 Å². The van der Waals surface area contributed by atoms with E-state index in [9.17, 15) is 24.5 Å². The molecule has 2 rings (SSSR count). The predicted molar refractivity (Wildman–Crippen MR) is 95.1 cm³/mol. The molecule has 0 aliphatic rings. The largest absolute Gasteiger partial charge is 0.454 e. The van der Waals surface area contributed by atoms with Gasteiger partial charge in [0.2, 0.25) is 0 Å². The van der Waals surface area contributed by atoms with Crippen LogP contribution in [0.25, 0.3) is 11.1 Å². The molecule has 0 atom stereocenters. The number of ether oxygens (including phenoxy) is 1. The summed E-state index contributed by atoms with van der Waals surface area (Å²) in [6, 6.07) is 3.57. The highest BCUT2D eigenvalue weighted by Crippen LogP contribution is 2.20. The van der Waals surface area contributed by atoms with Crippen molar-refractivity contribution in [2.45, 2.75) is 6.54 Å². The van der Waals surface area contributed by atoms with Gasteiger partial charge in [-0.15, -0.1) is 13.2 Å². The van der Waals surface area contributed by atoms with Crippen LogP contribution in [0.15, 0.2) is 52.7 Å². The van der Waals surface area contributed by atoms with E-state index in [1.807, 2.05) is 0 Å². The lowest BCUT2D eigenvalue weighted by molar-refractivity contribution is -0.384. The number of amides is 1. The molecule has 1 aromatic carbocycles. The Morgan fingerprint density at radius 3 is 2.56 bits per heavy atom. The number of fused-ring (bicyclic) bond motifs is 1. The van der Waals surface area contributed by atoms with E-state index in [4.69, 9.17) is 9.15 Å². The molecule has 142 valence electrons. The Bertz CT molecular complexity index is 947. The molecule has 0 unspecified atom stereocenters. The molecular formula is C17H17N3O7. The van der Waals surface area contributed by atoms with Crippen LogP contribution < -0.4 is 5.76 Å². The Morgan fingerprint density at radius 2 is 1.96 bits per heavy atom. The van der Waals surface area contributed by atoms with Crippen molar-refractivity contribution in [1.82, 2.24) is 9.47 Å². The molecule has 1 heterocycles. The number of aromatic nitrogens is 1. The first kappa shape index (κ1) is 19.6. The first-order chi connectivity index (χ1) is 12.9. The maximum Gasteiger partial charge on any atom is 0.420 e. The third kappa shape index (κ3) is 4.69. The fourth-order valence-corrected chi connectivity index (χ4v) is 2.32. The van der Waals surface area contributed by atoms with Gasteiger partial charge < -0.3 is 14.1 Å². The molecule has 10 nitrogen and oxygen atoms in total. The summed E-state index contributed by atoms with van der Waals surface area (Å²) >= 11 is 0. The number of hydrogen-bond acceptors (Lipinski definition) is 7. The van der Waals surface area contributed by atoms with Gasteiger partial charge >= 0.3 is 11.7 Å². The molecular weight excluding hydrogens is 358 g/mol. The maximum atomic E-state index is 12.0. The number of carbonyl (C=O) groups is 2.